The van der Waals surface area contributed by atoms with Gasteiger partial charge in [0, 0.05) is 22.1 Å². The number of carbonyl (C=O) groups excluding carboxylic acids is 2. The van der Waals surface area contributed by atoms with E-state index in [1.165, 1.54) is 16.2 Å². The van der Waals surface area contributed by atoms with Gasteiger partial charge in [-0.3, -0.25) is 9.59 Å². The maximum absolute atomic E-state index is 13.5. The Morgan fingerprint density at radius 3 is 2.25 bits per heavy atom. The summed E-state index contributed by atoms with van der Waals surface area (Å²) in [6.45, 7) is 2.52. The molecule has 0 N–H and O–H groups in total. The van der Waals surface area contributed by atoms with Gasteiger partial charge < -0.3 is 4.90 Å². The Morgan fingerprint density at radius 2 is 1.64 bits per heavy atom. The highest BCUT2D eigenvalue weighted by molar-refractivity contribution is 7.11. The van der Waals surface area contributed by atoms with E-state index < -0.39 is 0 Å². The average Bonchev–Trinajstić information content (AvgIpc) is 3.32. The molecular weight excluding hydrogens is 392 g/mol. The Bertz CT molecular complexity index is 1040. The van der Waals surface area contributed by atoms with Gasteiger partial charge in [-0.2, -0.15) is 0 Å². The van der Waals surface area contributed by atoms with E-state index in [2.05, 4.69) is 0 Å². The van der Waals surface area contributed by atoms with Crippen LogP contribution < -0.4 is 9.80 Å². The summed E-state index contributed by atoms with van der Waals surface area (Å²) in [6.07, 6.45) is 0. The van der Waals surface area contributed by atoms with Gasteiger partial charge >= 0.3 is 0 Å². The summed E-state index contributed by atoms with van der Waals surface area (Å²) in [5, 5.41) is 2.45. The predicted molar refractivity (Wildman–Crippen MR) is 115 cm³/mol. The number of anilines is 2. The van der Waals surface area contributed by atoms with Gasteiger partial charge in [0.25, 0.3) is 11.8 Å². The van der Waals surface area contributed by atoms with Crippen LogP contribution in [0.2, 0.25) is 5.02 Å². The number of amides is 2. The first-order chi connectivity index (χ1) is 13.6. The highest BCUT2D eigenvalue weighted by atomic mass is 35.5. The lowest BCUT2D eigenvalue weighted by Crippen LogP contribution is -2.35. The first-order valence-corrected chi connectivity index (χ1v) is 10.1. The predicted octanol–water partition coefficient (Wildman–Crippen LogP) is 5.21. The molecule has 0 aliphatic carbocycles. The number of benzene rings is 2. The molecule has 3 aromatic rings. The molecule has 0 atom stereocenters. The number of rotatable bonds is 5. The molecule has 140 valence electrons. The number of halogens is 1. The molecule has 2 aromatic carbocycles. The summed E-state index contributed by atoms with van der Waals surface area (Å²) in [4.78, 5) is 30.7. The van der Waals surface area contributed by atoms with Crippen molar-refractivity contribution < 1.29 is 9.59 Å². The number of hydrogen-bond acceptors (Lipinski definition) is 4. The molecule has 0 bridgehead atoms. The van der Waals surface area contributed by atoms with Gasteiger partial charge in [-0.05, 0) is 54.8 Å². The number of para-hydroxylation sites is 1. The summed E-state index contributed by atoms with van der Waals surface area (Å²) < 4.78 is 0. The van der Waals surface area contributed by atoms with Crippen LogP contribution in [0.3, 0.4) is 0 Å². The maximum atomic E-state index is 13.5. The zero-order valence-corrected chi connectivity index (χ0v) is 16.7. The minimum atomic E-state index is -0.332. The van der Waals surface area contributed by atoms with E-state index in [1.54, 1.807) is 24.3 Å². The van der Waals surface area contributed by atoms with Crippen molar-refractivity contribution in [2.75, 3.05) is 16.3 Å². The number of thiophene rings is 1. The lowest BCUT2D eigenvalue weighted by atomic mass is 10.1. The lowest BCUT2D eigenvalue weighted by molar-refractivity contribution is -0.120. The minimum Gasteiger partial charge on any atom is -0.337 e. The zero-order chi connectivity index (χ0) is 19.7. The second-order valence-corrected chi connectivity index (χ2v) is 7.59. The fourth-order valence-electron chi connectivity index (χ4n) is 3.31. The summed E-state index contributed by atoms with van der Waals surface area (Å²) in [6, 6.07) is 20.1. The largest absolute Gasteiger partial charge is 0.337 e. The van der Waals surface area contributed by atoms with Gasteiger partial charge in [-0.15, -0.1) is 11.3 Å². The van der Waals surface area contributed by atoms with Crippen molar-refractivity contribution in [1.82, 2.24) is 0 Å². The van der Waals surface area contributed by atoms with E-state index in [1.807, 2.05) is 59.7 Å². The van der Waals surface area contributed by atoms with Crippen molar-refractivity contribution in [3.05, 3.63) is 87.7 Å². The number of carbonyl (C=O) groups is 2. The van der Waals surface area contributed by atoms with Crippen LogP contribution in [0, 0.1) is 0 Å². The molecule has 4 rings (SSSR count). The van der Waals surface area contributed by atoms with Crippen LogP contribution in [0.4, 0.5) is 11.4 Å². The SMILES string of the molecule is CCN(C1=C(c2cccs2)C(=O)N(c2ccc(Cl)cc2)C1=O)c1ccccc1. The Morgan fingerprint density at radius 1 is 0.929 bits per heavy atom. The van der Waals surface area contributed by atoms with E-state index >= 15 is 0 Å². The monoisotopic (exact) mass is 408 g/mol. The van der Waals surface area contributed by atoms with Crippen LogP contribution >= 0.6 is 22.9 Å². The zero-order valence-electron chi connectivity index (χ0n) is 15.1. The molecular formula is C22H17ClN2O2S. The number of nitrogens with zero attached hydrogens (tertiary/aromatic N) is 2. The van der Waals surface area contributed by atoms with Crippen LogP contribution in [0.15, 0.2) is 77.8 Å². The molecule has 0 fully saturated rings. The van der Waals surface area contributed by atoms with E-state index in [-0.39, 0.29) is 11.8 Å². The van der Waals surface area contributed by atoms with E-state index in [0.29, 0.717) is 28.5 Å². The Labute approximate surface area is 172 Å². The molecule has 28 heavy (non-hydrogen) atoms. The van der Waals surface area contributed by atoms with Crippen molar-refractivity contribution >= 4 is 51.7 Å². The number of imide groups is 1. The van der Waals surface area contributed by atoms with Crippen molar-refractivity contribution in [2.24, 2.45) is 0 Å². The molecule has 0 radical (unpaired) electrons. The number of likely N-dealkylation sites (N-methyl/N-ethyl adjacent to an activating group) is 1. The van der Waals surface area contributed by atoms with E-state index in [4.69, 9.17) is 11.6 Å². The van der Waals surface area contributed by atoms with Gasteiger partial charge in [0.2, 0.25) is 0 Å². The summed E-state index contributed by atoms with van der Waals surface area (Å²) in [5.74, 6) is -0.652. The molecule has 0 saturated carbocycles. The highest BCUT2D eigenvalue weighted by Crippen LogP contribution is 2.38. The standard InChI is InChI=1S/C22H17ClN2O2S/c1-2-24(16-7-4-3-5-8-16)20-19(18-9-6-14-28-18)21(26)25(22(20)27)17-12-10-15(23)11-13-17/h3-14H,2H2,1H3. The quantitative estimate of drug-likeness (QED) is 0.544. The summed E-state index contributed by atoms with van der Waals surface area (Å²) in [7, 11) is 0. The van der Waals surface area contributed by atoms with E-state index in [0.717, 1.165) is 10.6 Å². The Hall–Kier alpha value is -2.89. The molecule has 2 amide bonds. The number of hydrogen-bond donors (Lipinski definition) is 0. The molecule has 1 aliphatic rings. The molecule has 0 spiro atoms. The fraction of sp³-hybridized carbons (Fsp3) is 0.0909. The van der Waals surface area contributed by atoms with Gasteiger partial charge in [0.1, 0.15) is 5.70 Å². The van der Waals surface area contributed by atoms with Crippen molar-refractivity contribution in [2.45, 2.75) is 6.92 Å². The summed E-state index contributed by atoms with van der Waals surface area (Å²) in [5.41, 5.74) is 2.21. The second-order valence-electron chi connectivity index (χ2n) is 6.20. The average molecular weight is 409 g/mol. The van der Waals surface area contributed by atoms with Crippen LogP contribution in [0.1, 0.15) is 11.8 Å². The topological polar surface area (TPSA) is 40.6 Å². The third-order valence-corrected chi connectivity index (χ3v) is 5.71. The second kappa shape index (κ2) is 7.62. The van der Waals surface area contributed by atoms with Gasteiger partial charge in [0.05, 0.1) is 11.3 Å². The van der Waals surface area contributed by atoms with Gasteiger partial charge in [-0.25, -0.2) is 4.90 Å². The third-order valence-electron chi connectivity index (χ3n) is 4.57. The third kappa shape index (κ3) is 3.13. The molecule has 1 aliphatic heterocycles. The van der Waals surface area contributed by atoms with Gasteiger partial charge in [0.15, 0.2) is 0 Å². The first-order valence-electron chi connectivity index (χ1n) is 8.87. The molecule has 0 saturated heterocycles. The van der Waals surface area contributed by atoms with Crippen LogP contribution in [-0.2, 0) is 9.59 Å². The Kier molecular flexibility index (Phi) is 5.03. The normalized spacial score (nSPS) is 14.1. The van der Waals surface area contributed by atoms with Crippen LogP contribution in [0.25, 0.3) is 5.57 Å². The molecule has 6 heteroatoms. The highest BCUT2D eigenvalue weighted by Gasteiger charge is 2.42. The van der Waals surface area contributed by atoms with Crippen LogP contribution in [-0.4, -0.2) is 18.4 Å². The van der Waals surface area contributed by atoms with Crippen molar-refractivity contribution in [3.8, 4) is 0 Å². The first kappa shape index (κ1) is 18.5. The lowest BCUT2D eigenvalue weighted by Gasteiger charge is -2.24. The molecule has 2 heterocycles. The minimum absolute atomic E-state index is 0.320. The van der Waals surface area contributed by atoms with Crippen molar-refractivity contribution in [3.63, 3.8) is 0 Å². The Balaban J connectivity index is 1.87. The van der Waals surface area contributed by atoms with Gasteiger partial charge in [-0.1, -0.05) is 35.9 Å². The van der Waals surface area contributed by atoms with E-state index in [9.17, 15) is 9.59 Å². The van der Waals surface area contributed by atoms with Crippen LogP contribution in [0.5, 0.6) is 0 Å². The maximum Gasteiger partial charge on any atom is 0.282 e. The molecule has 1 aromatic heterocycles. The molecule has 0 unspecified atom stereocenters. The smallest absolute Gasteiger partial charge is 0.282 e. The molecule has 4 nitrogen and oxygen atoms in total. The van der Waals surface area contributed by atoms with Crippen molar-refractivity contribution in [1.29, 1.82) is 0 Å². The fourth-order valence-corrected chi connectivity index (χ4v) is 4.20. The summed E-state index contributed by atoms with van der Waals surface area (Å²) >= 11 is 7.42.